The summed E-state index contributed by atoms with van der Waals surface area (Å²) in [5, 5.41) is 3.59. The largest absolute Gasteiger partial charge is 0.316 e. The minimum Gasteiger partial charge on any atom is -0.316 e. The van der Waals surface area contributed by atoms with Crippen LogP contribution in [0.2, 0.25) is 0 Å². The van der Waals surface area contributed by atoms with Crippen LogP contribution in [0.1, 0.15) is 46.0 Å². The van der Waals surface area contributed by atoms with Gasteiger partial charge in [-0.1, -0.05) is 37.1 Å². The Morgan fingerprint density at radius 2 is 2.00 bits per heavy atom. The predicted octanol–water partition coefficient (Wildman–Crippen LogP) is 4.02. The molecule has 0 aromatic rings. The molecular formula is C18H26FN. The molecule has 0 aromatic heterocycles. The molecule has 4 rings (SSSR count). The van der Waals surface area contributed by atoms with E-state index in [4.69, 9.17) is 0 Å². The van der Waals surface area contributed by atoms with Gasteiger partial charge in [-0.05, 0) is 50.5 Å². The normalized spacial score (nSPS) is 50.6. The van der Waals surface area contributed by atoms with Gasteiger partial charge in [-0.2, -0.15) is 0 Å². The Kier molecular flexibility index (Phi) is 2.74. The third-order valence-corrected chi connectivity index (χ3v) is 7.04. The van der Waals surface area contributed by atoms with Gasteiger partial charge in [0.25, 0.3) is 0 Å². The summed E-state index contributed by atoms with van der Waals surface area (Å²) < 4.78 is 14.4. The summed E-state index contributed by atoms with van der Waals surface area (Å²) in [4.78, 5) is 0. The summed E-state index contributed by atoms with van der Waals surface area (Å²) in [6.07, 6.45) is 9.45. The molecule has 0 aromatic carbocycles. The lowest BCUT2D eigenvalue weighted by Gasteiger charge is -2.53. The zero-order chi connectivity index (χ0) is 14.0. The maximum Gasteiger partial charge on any atom is 0.106 e. The van der Waals surface area contributed by atoms with Crippen LogP contribution in [-0.2, 0) is 0 Å². The number of hydrogen-bond donors (Lipinski definition) is 1. The molecule has 2 heteroatoms. The van der Waals surface area contributed by atoms with E-state index in [0.717, 1.165) is 32.4 Å². The molecule has 0 radical (unpaired) electrons. The number of allylic oxidation sites excluding steroid dienone is 3. The highest BCUT2D eigenvalue weighted by atomic mass is 19.1. The van der Waals surface area contributed by atoms with E-state index >= 15 is 0 Å². The van der Waals surface area contributed by atoms with E-state index in [0.29, 0.717) is 11.8 Å². The van der Waals surface area contributed by atoms with Crippen molar-refractivity contribution in [2.45, 2.75) is 52.1 Å². The number of halogens is 1. The van der Waals surface area contributed by atoms with Gasteiger partial charge in [-0.25, -0.2) is 4.39 Å². The Balaban J connectivity index is 1.76. The molecule has 5 atom stereocenters. The highest BCUT2D eigenvalue weighted by molar-refractivity contribution is 5.39. The zero-order valence-corrected chi connectivity index (χ0v) is 12.7. The van der Waals surface area contributed by atoms with Crippen LogP contribution in [-0.4, -0.2) is 19.3 Å². The van der Waals surface area contributed by atoms with Crippen LogP contribution >= 0.6 is 0 Å². The van der Waals surface area contributed by atoms with Crippen molar-refractivity contribution in [3.8, 4) is 0 Å². The first-order valence-electron chi connectivity index (χ1n) is 8.31. The number of nitrogens with one attached hydrogen (secondary N) is 1. The van der Waals surface area contributed by atoms with Gasteiger partial charge in [0.2, 0.25) is 0 Å². The smallest absolute Gasteiger partial charge is 0.106 e. The van der Waals surface area contributed by atoms with Crippen LogP contribution in [0.5, 0.6) is 0 Å². The molecule has 4 aliphatic rings. The van der Waals surface area contributed by atoms with Crippen molar-refractivity contribution in [2.75, 3.05) is 13.1 Å². The average Bonchev–Trinajstić information content (AvgIpc) is 2.74. The summed E-state index contributed by atoms with van der Waals surface area (Å²) in [6, 6.07) is 0. The van der Waals surface area contributed by atoms with Gasteiger partial charge in [0.1, 0.15) is 6.17 Å². The molecule has 0 amide bonds. The first-order valence-corrected chi connectivity index (χ1v) is 8.31. The lowest BCUT2D eigenvalue weighted by molar-refractivity contribution is 0.0553. The Hall–Kier alpha value is -0.630. The van der Waals surface area contributed by atoms with Gasteiger partial charge < -0.3 is 5.32 Å². The molecule has 3 aliphatic carbocycles. The van der Waals surface area contributed by atoms with Gasteiger partial charge in [0.05, 0.1) is 0 Å². The highest BCUT2D eigenvalue weighted by Crippen LogP contribution is 2.62. The third-order valence-electron chi connectivity index (χ3n) is 7.04. The molecule has 1 N–H and O–H groups in total. The molecular weight excluding hydrogens is 249 g/mol. The second-order valence-corrected chi connectivity index (χ2v) is 7.90. The van der Waals surface area contributed by atoms with Crippen molar-refractivity contribution in [3.05, 3.63) is 23.3 Å². The summed E-state index contributed by atoms with van der Waals surface area (Å²) in [6.45, 7) is 6.86. The Morgan fingerprint density at radius 3 is 2.85 bits per heavy atom. The van der Waals surface area contributed by atoms with E-state index < -0.39 is 6.17 Å². The van der Waals surface area contributed by atoms with Crippen LogP contribution in [0, 0.1) is 22.7 Å². The van der Waals surface area contributed by atoms with E-state index in [9.17, 15) is 4.39 Å². The van der Waals surface area contributed by atoms with Gasteiger partial charge in [-0.3, -0.25) is 0 Å². The van der Waals surface area contributed by atoms with Gasteiger partial charge in [0, 0.05) is 17.4 Å². The van der Waals surface area contributed by atoms with Gasteiger partial charge in [-0.15, -0.1) is 0 Å². The number of hydrogen-bond acceptors (Lipinski definition) is 1. The monoisotopic (exact) mass is 275 g/mol. The Labute approximate surface area is 121 Å². The fourth-order valence-electron chi connectivity index (χ4n) is 5.64. The molecule has 110 valence electrons. The summed E-state index contributed by atoms with van der Waals surface area (Å²) in [5.74, 6) is 1.14. The molecule has 1 saturated heterocycles. The fraction of sp³-hybridized carbons (Fsp3) is 0.778. The van der Waals surface area contributed by atoms with E-state index in [1.807, 2.05) is 0 Å². The highest BCUT2D eigenvalue weighted by Gasteiger charge is 2.56. The molecule has 1 unspecified atom stereocenters. The number of fused-ring (bicyclic) bond motifs is 5. The minimum absolute atomic E-state index is 0.0772. The van der Waals surface area contributed by atoms with E-state index in [1.165, 1.54) is 12.8 Å². The summed E-state index contributed by atoms with van der Waals surface area (Å²) in [5.41, 5.74) is 3.42. The van der Waals surface area contributed by atoms with Crippen molar-refractivity contribution >= 4 is 0 Å². The van der Waals surface area contributed by atoms with Crippen LogP contribution in [0.15, 0.2) is 23.3 Å². The second kappa shape index (κ2) is 4.19. The van der Waals surface area contributed by atoms with Gasteiger partial charge in [0.15, 0.2) is 0 Å². The standard InChI is InChI=1S/C18H26FN/c1-17-9-7-15-13(14(17)5-6-16(17)19)4-3-12-8-10-20-11-18(12,15)2/h3-4,14-16,20H,5-11H2,1-2H3/t14-,15+,16?,17-,18-/m0/s1. The first-order chi connectivity index (χ1) is 9.56. The van der Waals surface area contributed by atoms with E-state index in [1.54, 1.807) is 11.1 Å². The lowest BCUT2D eigenvalue weighted by Crippen LogP contribution is -2.50. The molecule has 2 saturated carbocycles. The molecule has 1 heterocycles. The van der Waals surface area contributed by atoms with Crippen molar-refractivity contribution in [1.29, 1.82) is 0 Å². The van der Waals surface area contributed by atoms with E-state index in [2.05, 4.69) is 31.3 Å². The molecule has 0 spiro atoms. The van der Waals surface area contributed by atoms with Crippen LogP contribution in [0.25, 0.3) is 0 Å². The van der Waals surface area contributed by atoms with Crippen LogP contribution in [0.3, 0.4) is 0 Å². The SMILES string of the molecule is C[C@]12CNCCC1=CC=C1[C@H]2CC[C@]2(C)C(F)CC[C@@H]12. The quantitative estimate of drug-likeness (QED) is 0.704. The van der Waals surface area contributed by atoms with Crippen LogP contribution < -0.4 is 5.32 Å². The maximum absolute atomic E-state index is 14.4. The topological polar surface area (TPSA) is 12.0 Å². The maximum atomic E-state index is 14.4. The zero-order valence-electron chi connectivity index (χ0n) is 12.7. The predicted molar refractivity (Wildman–Crippen MR) is 80.2 cm³/mol. The molecule has 1 nitrogen and oxygen atoms in total. The molecule has 20 heavy (non-hydrogen) atoms. The summed E-state index contributed by atoms with van der Waals surface area (Å²) in [7, 11) is 0. The van der Waals surface area contributed by atoms with Crippen molar-refractivity contribution in [2.24, 2.45) is 22.7 Å². The average molecular weight is 275 g/mol. The number of rotatable bonds is 0. The van der Waals surface area contributed by atoms with E-state index in [-0.39, 0.29) is 10.8 Å². The van der Waals surface area contributed by atoms with Crippen molar-refractivity contribution in [3.63, 3.8) is 0 Å². The second-order valence-electron chi connectivity index (χ2n) is 7.90. The van der Waals surface area contributed by atoms with Crippen molar-refractivity contribution in [1.82, 2.24) is 5.32 Å². The molecule has 0 bridgehead atoms. The first kappa shape index (κ1) is 13.1. The lowest BCUT2D eigenvalue weighted by atomic mass is 9.53. The minimum atomic E-state index is -0.586. The van der Waals surface area contributed by atoms with Crippen molar-refractivity contribution < 1.29 is 4.39 Å². The fourth-order valence-corrected chi connectivity index (χ4v) is 5.64. The Bertz CT molecular complexity index is 494. The Morgan fingerprint density at radius 1 is 1.15 bits per heavy atom. The van der Waals surface area contributed by atoms with Gasteiger partial charge >= 0.3 is 0 Å². The molecule has 3 fully saturated rings. The number of piperidine rings is 1. The van der Waals surface area contributed by atoms with Crippen LogP contribution in [0.4, 0.5) is 4.39 Å². The number of alkyl halides is 1. The summed E-state index contributed by atoms with van der Waals surface area (Å²) >= 11 is 0. The third kappa shape index (κ3) is 1.52. The molecule has 1 aliphatic heterocycles.